The largest absolute Gasteiger partial charge is 0.496 e. The molecule has 0 aliphatic rings. The number of hydrogen-bond donors (Lipinski definition) is 2. The van der Waals surface area contributed by atoms with E-state index in [0.29, 0.717) is 0 Å². The molecule has 0 spiro atoms. The van der Waals surface area contributed by atoms with Crippen molar-refractivity contribution in [2.24, 2.45) is 0 Å². The van der Waals surface area contributed by atoms with Crippen LogP contribution in [0.15, 0.2) is 12.1 Å². The molecule has 0 aliphatic heterocycles. The van der Waals surface area contributed by atoms with Crippen molar-refractivity contribution in [1.82, 2.24) is 5.32 Å². The molecular formula is C11H13ClF3NO2. The fourth-order valence-electron chi connectivity index (χ4n) is 1.54. The predicted octanol–water partition coefficient (Wildman–Crippen LogP) is 2.62. The Morgan fingerprint density at radius 2 is 2.06 bits per heavy atom. The summed E-state index contributed by atoms with van der Waals surface area (Å²) >= 11 is 5.78. The van der Waals surface area contributed by atoms with Crippen LogP contribution in [0, 0.1) is 0 Å². The van der Waals surface area contributed by atoms with E-state index in [4.69, 9.17) is 16.3 Å². The van der Waals surface area contributed by atoms with E-state index in [-0.39, 0.29) is 22.9 Å². The zero-order valence-corrected chi connectivity index (χ0v) is 10.6. The summed E-state index contributed by atoms with van der Waals surface area (Å²) in [4.78, 5) is 0. The molecule has 0 amide bonds. The maximum atomic E-state index is 12.6. The number of alkyl halides is 3. The van der Waals surface area contributed by atoms with Crippen LogP contribution in [0.25, 0.3) is 0 Å². The van der Waals surface area contributed by atoms with Crippen LogP contribution in [0.1, 0.15) is 17.2 Å². The topological polar surface area (TPSA) is 41.5 Å². The Morgan fingerprint density at radius 3 is 2.50 bits per heavy atom. The van der Waals surface area contributed by atoms with Crippen molar-refractivity contribution in [2.75, 3.05) is 20.7 Å². The number of benzene rings is 1. The minimum absolute atomic E-state index is 0.0856. The number of rotatable bonds is 4. The molecule has 102 valence electrons. The first-order valence-electron chi connectivity index (χ1n) is 5.08. The molecule has 1 unspecified atom stereocenters. The molecule has 7 heteroatoms. The number of methoxy groups -OCH3 is 1. The summed E-state index contributed by atoms with van der Waals surface area (Å²) in [6, 6.07) is 1.60. The van der Waals surface area contributed by atoms with Gasteiger partial charge in [-0.15, -0.1) is 0 Å². The molecule has 3 nitrogen and oxygen atoms in total. The number of likely N-dealkylation sites (N-methyl/N-ethyl adjacent to an activating group) is 1. The SMILES string of the molecule is CNCC(O)c1c(Cl)cc(C(F)(F)F)cc1OC. The van der Waals surface area contributed by atoms with Crippen molar-refractivity contribution < 1.29 is 23.0 Å². The number of ether oxygens (including phenoxy) is 1. The first-order valence-corrected chi connectivity index (χ1v) is 5.46. The minimum atomic E-state index is -4.51. The highest BCUT2D eigenvalue weighted by molar-refractivity contribution is 6.31. The summed E-state index contributed by atoms with van der Waals surface area (Å²) in [5.74, 6) is -0.0856. The number of halogens is 4. The lowest BCUT2D eigenvalue weighted by Crippen LogP contribution is -2.18. The molecule has 1 aromatic rings. The third kappa shape index (κ3) is 3.28. The van der Waals surface area contributed by atoms with Gasteiger partial charge in [0.05, 0.1) is 23.8 Å². The van der Waals surface area contributed by atoms with Gasteiger partial charge in [-0.1, -0.05) is 11.6 Å². The lowest BCUT2D eigenvalue weighted by molar-refractivity contribution is -0.137. The molecule has 1 rings (SSSR count). The summed E-state index contributed by atoms with van der Waals surface area (Å²) in [7, 11) is 2.83. The zero-order valence-electron chi connectivity index (χ0n) is 9.81. The molecule has 18 heavy (non-hydrogen) atoms. The van der Waals surface area contributed by atoms with Gasteiger partial charge >= 0.3 is 6.18 Å². The molecule has 0 saturated heterocycles. The third-order valence-electron chi connectivity index (χ3n) is 2.37. The van der Waals surface area contributed by atoms with Gasteiger partial charge in [-0.3, -0.25) is 0 Å². The fourth-order valence-corrected chi connectivity index (χ4v) is 1.88. The molecule has 0 heterocycles. The van der Waals surface area contributed by atoms with Crippen molar-refractivity contribution in [1.29, 1.82) is 0 Å². The van der Waals surface area contributed by atoms with E-state index in [9.17, 15) is 18.3 Å². The van der Waals surface area contributed by atoms with Crippen LogP contribution in [-0.4, -0.2) is 25.8 Å². The van der Waals surface area contributed by atoms with Gasteiger partial charge in [0.25, 0.3) is 0 Å². The van der Waals surface area contributed by atoms with Gasteiger partial charge in [0.1, 0.15) is 5.75 Å². The highest BCUT2D eigenvalue weighted by Gasteiger charge is 2.33. The highest BCUT2D eigenvalue weighted by Crippen LogP contribution is 2.39. The monoisotopic (exact) mass is 283 g/mol. The van der Waals surface area contributed by atoms with Crippen LogP contribution < -0.4 is 10.1 Å². The number of hydrogen-bond acceptors (Lipinski definition) is 3. The number of aliphatic hydroxyl groups excluding tert-OH is 1. The Hall–Kier alpha value is -0.980. The number of aliphatic hydroxyl groups is 1. The van der Waals surface area contributed by atoms with Crippen molar-refractivity contribution in [3.8, 4) is 5.75 Å². The maximum Gasteiger partial charge on any atom is 0.416 e. The Labute approximate surface area is 108 Å². The molecule has 0 fully saturated rings. The number of nitrogens with one attached hydrogen (secondary N) is 1. The standard InChI is InChI=1S/C11H13ClF3NO2/c1-16-5-8(17)10-7(12)3-6(11(13,14)15)4-9(10)18-2/h3-4,8,16-17H,5H2,1-2H3. The Bertz CT molecular complexity index is 423. The average molecular weight is 284 g/mol. The van der Waals surface area contributed by atoms with Gasteiger partial charge in [0, 0.05) is 12.1 Å². The third-order valence-corrected chi connectivity index (χ3v) is 2.68. The van der Waals surface area contributed by atoms with Gasteiger partial charge in [-0.2, -0.15) is 13.2 Å². The van der Waals surface area contributed by atoms with E-state index in [0.717, 1.165) is 12.1 Å². The normalized spacial score (nSPS) is 13.5. The van der Waals surface area contributed by atoms with Crippen LogP contribution in [-0.2, 0) is 6.18 Å². The molecule has 1 aromatic carbocycles. The van der Waals surface area contributed by atoms with E-state index < -0.39 is 17.8 Å². The van der Waals surface area contributed by atoms with E-state index in [1.54, 1.807) is 7.05 Å². The van der Waals surface area contributed by atoms with Gasteiger partial charge < -0.3 is 15.2 Å². The molecule has 0 aliphatic carbocycles. The molecule has 0 bridgehead atoms. The van der Waals surface area contributed by atoms with Gasteiger partial charge in [0.15, 0.2) is 0 Å². The molecule has 0 saturated carbocycles. The van der Waals surface area contributed by atoms with Gasteiger partial charge in [-0.05, 0) is 19.2 Å². The summed E-state index contributed by atoms with van der Waals surface area (Å²) in [5, 5.41) is 12.3. The Balaban J connectivity index is 3.28. The second kappa shape index (κ2) is 5.77. The Kier molecular flexibility index (Phi) is 4.84. The smallest absolute Gasteiger partial charge is 0.416 e. The van der Waals surface area contributed by atoms with Crippen LogP contribution >= 0.6 is 11.6 Å². The molecular weight excluding hydrogens is 271 g/mol. The van der Waals surface area contributed by atoms with Crippen molar-refractivity contribution in [2.45, 2.75) is 12.3 Å². The van der Waals surface area contributed by atoms with Gasteiger partial charge in [-0.25, -0.2) is 0 Å². The van der Waals surface area contributed by atoms with Crippen LogP contribution in [0.4, 0.5) is 13.2 Å². The summed E-state index contributed by atoms with van der Waals surface area (Å²) in [6.45, 7) is 0.154. The first kappa shape index (κ1) is 15.1. The van der Waals surface area contributed by atoms with Crippen molar-refractivity contribution >= 4 is 11.6 Å². The lowest BCUT2D eigenvalue weighted by Gasteiger charge is -2.18. The minimum Gasteiger partial charge on any atom is -0.496 e. The van der Waals surface area contributed by atoms with E-state index in [1.165, 1.54) is 7.11 Å². The van der Waals surface area contributed by atoms with Crippen LogP contribution in [0.2, 0.25) is 5.02 Å². The molecule has 1 atom stereocenters. The van der Waals surface area contributed by atoms with Crippen molar-refractivity contribution in [3.63, 3.8) is 0 Å². The average Bonchev–Trinajstić information content (AvgIpc) is 2.26. The second-order valence-corrected chi connectivity index (χ2v) is 4.05. The maximum absolute atomic E-state index is 12.6. The van der Waals surface area contributed by atoms with Crippen LogP contribution in [0.3, 0.4) is 0 Å². The molecule has 0 aromatic heterocycles. The van der Waals surface area contributed by atoms with E-state index >= 15 is 0 Å². The van der Waals surface area contributed by atoms with E-state index in [1.807, 2.05) is 0 Å². The first-order chi connectivity index (χ1) is 8.31. The predicted molar refractivity (Wildman–Crippen MR) is 61.9 cm³/mol. The van der Waals surface area contributed by atoms with Crippen LogP contribution in [0.5, 0.6) is 5.75 Å². The fraction of sp³-hybridized carbons (Fsp3) is 0.455. The zero-order chi connectivity index (χ0) is 13.9. The molecule has 0 radical (unpaired) electrons. The summed E-state index contributed by atoms with van der Waals surface area (Å²) < 4.78 is 42.6. The second-order valence-electron chi connectivity index (χ2n) is 3.65. The highest BCUT2D eigenvalue weighted by atomic mass is 35.5. The lowest BCUT2D eigenvalue weighted by atomic mass is 10.0. The Morgan fingerprint density at radius 1 is 1.44 bits per heavy atom. The summed E-state index contributed by atoms with van der Waals surface area (Å²) in [5.41, 5.74) is -0.772. The van der Waals surface area contributed by atoms with Gasteiger partial charge in [0.2, 0.25) is 0 Å². The molecule has 2 N–H and O–H groups in total. The summed E-state index contributed by atoms with van der Waals surface area (Å²) in [6.07, 6.45) is -5.55. The quantitative estimate of drug-likeness (QED) is 0.892. The van der Waals surface area contributed by atoms with Crippen molar-refractivity contribution in [3.05, 3.63) is 28.3 Å². The van der Waals surface area contributed by atoms with E-state index in [2.05, 4.69) is 5.32 Å².